The molecule has 0 spiro atoms. The number of amides is 2. The Morgan fingerprint density at radius 3 is 2.75 bits per heavy atom. The highest BCUT2D eigenvalue weighted by Gasteiger charge is 2.23. The van der Waals surface area contributed by atoms with E-state index in [1.807, 2.05) is 23.6 Å². The molecule has 0 aliphatic carbocycles. The fourth-order valence-corrected chi connectivity index (χ4v) is 4.57. The summed E-state index contributed by atoms with van der Waals surface area (Å²) in [6.45, 7) is 3.35. The number of fused-ring (bicyclic) bond motifs is 1. The van der Waals surface area contributed by atoms with Crippen LogP contribution >= 0.6 is 27.7 Å². The highest BCUT2D eigenvalue weighted by atomic mass is 79.9. The molecule has 0 atom stereocenters. The summed E-state index contributed by atoms with van der Waals surface area (Å²) in [5.74, 6) is 1.56. The summed E-state index contributed by atoms with van der Waals surface area (Å²) >= 11 is 5.26. The van der Waals surface area contributed by atoms with Crippen LogP contribution in [0, 0.1) is 6.92 Å². The van der Waals surface area contributed by atoms with E-state index in [1.165, 1.54) is 0 Å². The van der Waals surface area contributed by atoms with Gasteiger partial charge in [0.05, 0.1) is 4.47 Å². The quantitative estimate of drug-likeness (QED) is 0.650. The number of thioether (sulfide) groups is 1. The third-order valence-electron chi connectivity index (χ3n) is 4.66. The fraction of sp³-hybridized carbons (Fsp3) is 0.263. The molecule has 2 amide bonds. The van der Waals surface area contributed by atoms with Crippen LogP contribution in [0.1, 0.15) is 26.4 Å². The second-order valence-electron chi connectivity index (χ2n) is 6.39. The lowest BCUT2D eigenvalue weighted by molar-refractivity contribution is 0.0771. The van der Waals surface area contributed by atoms with E-state index >= 15 is 0 Å². The average molecular weight is 460 g/mol. The number of aromatic nitrogens is 3. The first-order chi connectivity index (χ1) is 13.6. The normalized spacial score (nSPS) is 14.3. The van der Waals surface area contributed by atoms with Gasteiger partial charge in [-0.15, -0.1) is 0 Å². The van der Waals surface area contributed by atoms with Gasteiger partial charge in [-0.1, -0.05) is 6.07 Å². The number of nitrogens with zero attached hydrogens (tertiary/aromatic N) is 4. The van der Waals surface area contributed by atoms with Crippen LogP contribution in [-0.2, 0) is 0 Å². The van der Waals surface area contributed by atoms with Crippen LogP contribution in [0.5, 0.6) is 0 Å². The first-order valence-corrected chi connectivity index (χ1v) is 10.8. The van der Waals surface area contributed by atoms with Crippen LogP contribution in [0.2, 0.25) is 0 Å². The standard InChI is InChI=1S/C19H18BrN5O2S/c1-12-13(19(27)24-8-10-28-11-9-24)4-2-5-14(12)22-18(26)16-15(20)17-21-6-3-7-25(17)23-16/h2-7H,8-11H2,1H3,(H,22,26). The van der Waals surface area contributed by atoms with Gasteiger partial charge in [0.2, 0.25) is 0 Å². The molecule has 1 aliphatic rings. The molecule has 0 radical (unpaired) electrons. The Balaban J connectivity index is 1.60. The summed E-state index contributed by atoms with van der Waals surface area (Å²) in [5, 5.41) is 7.17. The van der Waals surface area contributed by atoms with E-state index in [9.17, 15) is 9.59 Å². The highest BCUT2D eigenvalue weighted by molar-refractivity contribution is 9.10. The zero-order valence-electron chi connectivity index (χ0n) is 15.2. The number of hydrogen-bond acceptors (Lipinski definition) is 5. The van der Waals surface area contributed by atoms with Crippen molar-refractivity contribution in [2.75, 3.05) is 29.9 Å². The van der Waals surface area contributed by atoms with Crippen molar-refractivity contribution < 1.29 is 9.59 Å². The number of hydrogen-bond donors (Lipinski definition) is 1. The van der Waals surface area contributed by atoms with E-state index in [2.05, 4.69) is 31.3 Å². The smallest absolute Gasteiger partial charge is 0.277 e. The molecule has 1 aromatic carbocycles. The SMILES string of the molecule is Cc1c(NC(=O)c2nn3cccnc3c2Br)cccc1C(=O)N1CCSCC1. The molecule has 3 aromatic rings. The molecule has 9 heteroatoms. The van der Waals surface area contributed by atoms with Gasteiger partial charge in [0.1, 0.15) is 0 Å². The van der Waals surface area contributed by atoms with Crippen molar-refractivity contribution in [1.29, 1.82) is 0 Å². The van der Waals surface area contributed by atoms with Gasteiger partial charge in [0.25, 0.3) is 11.8 Å². The third-order valence-corrected chi connectivity index (χ3v) is 6.34. The number of anilines is 1. The van der Waals surface area contributed by atoms with Crippen molar-refractivity contribution in [1.82, 2.24) is 19.5 Å². The molecule has 2 aromatic heterocycles. The topological polar surface area (TPSA) is 79.6 Å². The van der Waals surface area contributed by atoms with Gasteiger partial charge in [-0.25, -0.2) is 9.50 Å². The number of rotatable bonds is 3. The van der Waals surface area contributed by atoms with Crippen molar-refractivity contribution in [3.05, 3.63) is 58.0 Å². The molecule has 28 heavy (non-hydrogen) atoms. The Bertz CT molecular complexity index is 1060. The minimum atomic E-state index is -0.362. The molecule has 1 fully saturated rings. The van der Waals surface area contributed by atoms with Gasteiger partial charge in [0.15, 0.2) is 11.3 Å². The van der Waals surface area contributed by atoms with Crippen LogP contribution in [0.3, 0.4) is 0 Å². The molecular formula is C19H18BrN5O2S. The first-order valence-electron chi connectivity index (χ1n) is 8.83. The molecule has 1 saturated heterocycles. The molecule has 1 aliphatic heterocycles. The van der Waals surface area contributed by atoms with E-state index < -0.39 is 0 Å². The molecular weight excluding hydrogens is 442 g/mol. The van der Waals surface area contributed by atoms with E-state index in [0.717, 1.165) is 30.2 Å². The molecule has 0 bridgehead atoms. The predicted octanol–water partition coefficient (Wildman–Crippen LogP) is 3.24. The van der Waals surface area contributed by atoms with Crippen molar-refractivity contribution in [3.8, 4) is 0 Å². The Kier molecular flexibility index (Phi) is 5.36. The third kappa shape index (κ3) is 3.51. The van der Waals surface area contributed by atoms with Crippen molar-refractivity contribution in [2.24, 2.45) is 0 Å². The summed E-state index contributed by atoms with van der Waals surface area (Å²) in [4.78, 5) is 31.8. The summed E-state index contributed by atoms with van der Waals surface area (Å²) in [6, 6.07) is 7.12. The monoisotopic (exact) mass is 459 g/mol. The molecule has 144 valence electrons. The predicted molar refractivity (Wildman–Crippen MR) is 113 cm³/mol. The lowest BCUT2D eigenvalue weighted by atomic mass is 10.0. The maximum atomic E-state index is 12.9. The van der Waals surface area contributed by atoms with Crippen LogP contribution in [0.4, 0.5) is 5.69 Å². The van der Waals surface area contributed by atoms with Gasteiger partial charge < -0.3 is 10.2 Å². The number of benzene rings is 1. The Morgan fingerprint density at radius 2 is 2.00 bits per heavy atom. The van der Waals surface area contributed by atoms with Crippen LogP contribution in [-0.4, -0.2) is 55.9 Å². The number of halogens is 1. The summed E-state index contributed by atoms with van der Waals surface area (Å²) in [7, 11) is 0. The number of nitrogens with one attached hydrogen (secondary N) is 1. The summed E-state index contributed by atoms with van der Waals surface area (Å²) in [6.07, 6.45) is 3.37. The molecule has 1 N–H and O–H groups in total. The van der Waals surface area contributed by atoms with Gasteiger partial charge in [-0.05, 0) is 46.6 Å². The summed E-state index contributed by atoms with van der Waals surface area (Å²) < 4.78 is 2.07. The van der Waals surface area contributed by atoms with Gasteiger partial charge in [0, 0.05) is 48.2 Å². The second-order valence-corrected chi connectivity index (χ2v) is 8.41. The van der Waals surface area contributed by atoms with Crippen LogP contribution in [0.25, 0.3) is 5.65 Å². The number of carbonyl (C=O) groups is 2. The van der Waals surface area contributed by atoms with Crippen LogP contribution < -0.4 is 5.32 Å². The Labute approximate surface area is 174 Å². The minimum Gasteiger partial charge on any atom is -0.337 e. The van der Waals surface area contributed by atoms with E-state index in [4.69, 9.17) is 0 Å². The molecule has 0 saturated carbocycles. The van der Waals surface area contributed by atoms with Gasteiger partial charge in [-0.3, -0.25) is 9.59 Å². The van der Waals surface area contributed by atoms with E-state index in [1.54, 1.807) is 41.2 Å². The number of carbonyl (C=O) groups excluding carboxylic acids is 2. The van der Waals surface area contributed by atoms with Crippen LogP contribution in [0.15, 0.2) is 41.1 Å². The Hall–Kier alpha value is -2.39. The zero-order chi connectivity index (χ0) is 19.7. The lowest BCUT2D eigenvalue weighted by Gasteiger charge is -2.27. The average Bonchev–Trinajstić information content (AvgIpc) is 3.07. The minimum absolute atomic E-state index is 0.00649. The second kappa shape index (κ2) is 7.92. The highest BCUT2D eigenvalue weighted by Crippen LogP contribution is 2.25. The van der Waals surface area contributed by atoms with Crippen molar-refractivity contribution in [2.45, 2.75) is 6.92 Å². The zero-order valence-corrected chi connectivity index (χ0v) is 17.6. The van der Waals surface area contributed by atoms with Gasteiger partial charge in [-0.2, -0.15) is 16.9 Å². The van der Waals surface area contributed by atoms with E-state index in [-0.39, 0.29) is 17.5 Å². The van der Waals surface area contributed by atoms with Crippen molar-refractivity contribution in [3.63, 3.8) is 0 Å². The maximum Gasteiger partial charge on any atom is 0.277 e. The maximum absolute atomic E-state index is 12.9. The lowest BCUT2D eigenvalue weighted by Crippen LogP contribution is -2.38. The van der Waals surface area contributed by atoms with E-state index in [0.29, 0.717) is 21.4 Å². The fourth-order valence-electron chi connectivity index (χ4n) is 3.13. The largest absolute Gasteiger partial charge is 0.337 e. The molecule has 7 nitrogen and oxygen atoms in total. The first kappa shape index (κ1) is 18.9. The van der Waals surface area contributed by atoms with Gasteiger partial charge >= 0.3 is 0 Å². The molecule has 3 heterocycles. The molecule has 4 rings (SSSR count). The Morgan fingerprint density at radius 1 is 1.21 bits per heavy atom. The van der Waals surface area contributed by atoms with Crippen molar-refractivity contribution >= 4 is 50.8 Å². The molecule has 0 unspecified atom stereocenters. The summed E-state index contributed by atoms with van der Waals surface area (Å²) in [5.41, 5.74) is 2.76.